The van der Waals surface area contributed by atoms with Crippen molar-refractivity contribution < 1.29 is 19.8 Å². The van der Waals surface area contributed by atoms with Gasteiger partial charge in [0.15, 0.2) is 6.04 Å². The highest BCUT2D eigenvalue weighted by atomic mass is 16.4. The van der Waals surface area contributed by atoms with E-state index in [1.165, 1.54) is 6.92 Å². The molecule has 2 atom stereocenters. The van der Waals surface area contributed by atoms with E-state index in [0.29, 0.717) is 6.42 Å². The molecule has 1 aliphatic heterocycles. The normalized spacial score (nSPS) is 20.1. The summed E-state index contributed by atoms with van der Waals surface area (Å²) in [5, 5.41) is 23.2. The molecule has 0 spiro atoms. The van der Waals surface area contributed by atoms with Crippen LogP contribution < -0.4 is 10.6 Å². The minimum absolute atomic E-state index is 0.286. The third-order valence-electron chi connectivity index (χ3n) is 2.41. The maximum absolute atomic E-state index is 11.4. The zero-order valence-corrected chi connectivity index (χ0v) is 8.56. The molecule has 0 aliphatic carbocycles. The summed E-state index contributed by atoms with van der Waals surface area (Å²) < 4.78 is 0. The Morgan fingerprint density at radius 1 is 1.53 bits per heavy atom. The average Bonchev–Trinajstić information content (AvgIpc) is 2.06. The molecule has 2 unspecified atom stereocenters. The van der Waals surface area contributed by atoms with Gasteiger partial charge in [-0.15, -0.1) is 0 Å². The minimum Gasteiger partial charge on any atom is -0.480 e. The van der Waals surface area contributed by atoms with Crippen molar-refractivity contribution in [3.8, 4) is 0 Å². The lowest BCUT2D eigenvalue weighted by Crippen LogP contribution is -2.50. The first kappa shape index (κ1) is 11.9. The summed E-state index contributed by atoms with van der Waals surface area (Å²) >= 11 is 0. The van der Waals surface area contributed by atoms with Crippen LogP contribution in [0.5, 0.6) is 0 Å². The largest absolute Gasteiger partial charge is 0.480 e. The smallest absolute Gasteiger partial charge is 0.328 e. The highest BCUT2D eigenvalue weighted by molar-refractivity contribution is 5.84. The number of aliphatic hydroxyl groups excluding tert-OH is 1. The van der Waals surface area contributed by atoms with E-state index in [4.69, 9.17) is 10.2 Å². The van der Waals surface area contributed by atoms with Crippen LogP contribution in [-0.2, 0) is 9.59 Å². The van der Waals surface area contributed by atoms with Crippen molar-refractivity contribution in [3.63, 3.8) is 0 Å². The molecule has 6 nitrogen and oxygen atoms in total. The van der Waals surface area contributed by atoms with Gasteiger partial charge in [-0.3, -0.25) is 4.79 Å². The Hall–Kier alpha value is -1.14. The van der Waals surface area contributed by atoms with Gasteiger partial charge in [-0.25, -0.2) is 4.79 Å². The van der Waals surface area contributed by atoms with Crippen LogP contribution in [0, 0.1) is 5.92 Å². The van der Waals surface area contributed by atoms with E-state index in [1.54, 1.807) is 0 Å². The van der Waals surface area contributed by atoms with Gasteiger partial charge in [-0.05, 0) is 25.9 Å². The number of rotatable bonds is 5. The number of amides is 1. The number of aliphatic hydroxyl groups is 1. The fraction of sp³-hybridized carbons (Fsp3) is 0.778. The molecule has 0 radical (unpaired) electrons. The Balaban J connectivity index is 2.36. The molecule has 1 heterocycles. The molecule has 1 rings (SSSR count). The Morgan fingerprint density at radius 3 is 2.47 bits per heavy atom. The molecule has 0 aromatic heterocycles. The third-order valence-corrected chi connectivity index (χ3v) is 2.41. The molecule has 0 saturated carbocycles. The van der Waals surface area contributed by atoms with Crippen molar-refractivity contribution in [2.24, 2.45) is 5.92 Å². The lowest BCUT2D eigenvalue weighted by Gasteiger charge is -2.27. The van der Waals surface area contributed by atoms with E-state index in [1.807, 2.05) is 0 Å². The van der Waals surface area contributed by atoms with Crippen molar-refractivity contribution in [3.05, 3.63) is 0 Å². The van der Waals surface area contributed by atoms with Gasteiger partial charge in [-0.2, -0.15) is 0 Å². The van der Waals surface area contributed by atoms with Crippen molar-refractivity contribution >= 4 is 11.9 Å². The third kappa shape index (κ3) is 3.49. The summed E-state index contributed by atoms with van der Waals surface area (Å²) in [6.45, 7) is 2.92. The SMILES string of the molecule is CC(O)C(NC(=O)CC1CNC1)C(=O)O. The summed E-state index contributed by atoms with van der Waals surface area (Å²) in [7, 11) is 0. The molecule has 1 fully saturated rings. The molecule has 0 aromatic carbocycles. The lowest BCUT2D eigenvalue weighted by molar-refractivity contribution is -0.145. The number of carboxylic acids is 1. The summed E-state index contributed by atoms with van der Waals surface area (Å²) in [5.74, 6) is -1.26. The van der Waals surface area contributed by atoms with Gasteiger partial charge < -0.3 is 20.8 Å². The predicted molar refractivity (Wildman–Crippen MR) is 52.2 cm³/mol. The van der Waals surface area contributed by atoms with Gasteiger partial charge in [0, 0.05) is 6.42 Å². The van der Waals surface area contributed by atoms with Crippen molar-refractivity contribution in [1.29, 1.82) is 0 Å². The first-order valence-electron chi connectivity index (χ1n) is 4.91. The second kappa shape index (κ2) is 5.09. The van der Waals surface area contributed by atoms with Crippen molar-refractivity contribution in [2.45, 2.75) is 25.5 Å². The van der Waals surface area contributed by atoms with E-state index >= 15 is 0 Å². The number of carbonyl (C=O) groups is 2. The molecule has 86 valence electrons. The summed E-state index contributed by atoms with van der Waals surface area (Å²) in [6.07, 6.45) is -0.783. The van der Waals surface area contributed by atoms with Crippen LogP contribution in [-0.4, -0.2) is 47.3 Å². The molecule has 15 heavy (non-hydrogen) atoms. The van der Waals surface area contributed by atoms with E-state index in [2.05, 4.69) is 10.6 Å². The highest BCUT2D eigenvalue weighted by Crippen LogP contribution is 2.08. The van der Waals surface area contributed by atoms with Crippen LogP contribution in [0.2, 0.25) is 0 Å². The summed E-state index contributed by atoms with van der Waals surface area (Å²) in [6, 6.07) is -1.22. The monoisotopic (exact) mass is 216 g/mol. The molecule has 0 aromatic rings. The van der Waals surface area contributed by atoms with Gasteiger partial charge in [-0.1, -0.05) is 0 Å². The van der Waals surface area contributed by atoms with Gasteiger partial charge in [0.2, 0.25) is 5.91 Å². The van der Waals surface area contributed by atoms with Crippen molar-refractivity contribution in [1.82, 2.24) is 10.6 Å². The molecule has 1 aliphatic rings. The van der Waals surface area contributed by atoms with Crippen LogP contribution >= 0.6 is 0 Å². The maximum atomic E-state index is 11.4. The number of carboxylic acid groups (broad SMARTS) is 1. The van der Waals surface area contributed by atoms with Crippen LogP contribution in [0.3, 0.4) is 0 Å². The Bertz CT molecular complexity index is 250. The zero-order valence-electron chi connectivity index (χ0n) is 8.56. The van der Waals surface area contributed by atoms with E-state index in [0.717, 1.165) is 13.1 Å². The zero-order chi connectivity index (χ0) is 11.4. The quantitative estimate of drug-likeness (QED) is 0.450. The first-order chi connectivity index (χ1) is 7.00. The molecule has 0 bridgehead atoms. The first-order valence-corrected chi connectivity index (χ1v) is 4.91. The fourth-order valence-corrected chi connectivity index (χ4v) is 1.38. The Labute approximate surface area is 87.7 Å². The topological polar surface area (TPSA) is 98.7 Å². The standard InChI is InChI=1S/C9H16N2O4/c1-5(12)8(9(14)15)11-7(13)2-6-3-10-4-6/h5-6,8,10,12H,2-4H2,1H3,(H,11,13)(H,14,15). The van der Waals surface area contributed by atoms with E-state index in [9.17, 15) is 9.59 Å². The van der Waals surface area contributed by atoms with E-state index < -0.39 is 18.1 Å². The average molecular weight is 216 g/mol. The fourth-order valence-electron chi connectivity index (χ4n) is 1.38. The van der Waals surface area contributed by atoms with Crippen LogP contribution in [0.1, 0.15) is 13.3 Å². The predicted octanol–water partition coefficient (Wildman–Crippen LogP) is -1.45. The molecule has 1 saturated heterocycles. The molecular formula is C9H16N2O4. The number of nitrogens with one attached hydrogen (secondary N) is 2. The summed E-state index contributed by atoms with van der Waals surface area (Å²) in [4.78, 5) is 22.0. The lowest BCUT2D eigenvalue weighted by atomic mass is 9.99. The number of hydrogen-bond donors (Lipinski definition) is 4. The number of carbonyl (C=O) groups excluding carboxylic acids is 1. The minimum atomic E-state index is -1.22. The van der Waals surface area contributed by atoms with Crippen molar-refractivity contribution in [2.75, 3.05) is 13.1 Å². The number of hydrogen-bond acceptors (Lipinski definition) is 4. The van der Waals surface area contributed by atoms with Crippen LogP contribution in [0.15, 0.2) is 0 Å². The summed E-state index contributed by atoms with van der Waals surface area (Å²) in [5.41, 5.74) is 0. The Morgan fingerprint density at radius 2 is 2.13 bits per heavy atom. The van der Waals surface area contributed by atoms with Crippen LogP contribution in [0.4, 0.5) is 0 Å². The second-order valence-corrected chi connectivity index (χ2v) is 3.85. The highest BCUT2D eigenvalue weighted by Gasteiger charge is 2.27. The molecular weight excluding hydrogens is 200 g/mol. The number of aliphatic carboxylic acids is 1. The van der Waals surface area contributed by atoms with Gasteiger partial charge >= 0.3 is 5.97 Å². The molecule has 4 N–H and O–H groups in total. The van der Waals surface area contributed by atoms with E-state index in [-0.39, 0.29) is 11.8 Å². The maximum Gasteiger partial charge on any atom is 0.328 e. The Kier molecular flexibility index (Phi) is 4.05. The molecule has 6 heteroatoms. The van der Waals surface area contributed by atoms with Gasteiger partial charge in [0.25, 0.3) is 0 Å². The molecule has 1 amide bonds. The van der Waals surface area contributed by atoms with Crippen LogP contribution in [0.25, 0.3) is 0 Å². The van der Waals surface area contributed by atoms with Gasteiger partial charge in [0.1, 0.15) is 0 Å². The van der Waals surface area contributed by atoms with Gasteiger partial charge in [0.05, 0.1) is 6.10 Å². The second-order valence-electron chi connectivity index (χ2n) is 3.85.